The minimum absolute atomic E-state index is 0.169. The van der Waals surface area contributed by atoms with E-state index in [9.17, 15) is 9.59 Å². The summed E-state index contributed by atoms with van der Waals surface area (Å²) in [7, 11) is 0. The number of aromatic nitrogens is 5. The van der Waals surface area contributed by atoms with Gasteiger partial charge in [0.1, 0.15) is 6.54 Å². The van der Waals surface area contributed by atoms with Crippen molar-refractivity contribution in [3.8, 4) is 0 Å². The van der Waals surface area contributed by atoms with Crippen LogP contribution in [0.1, 0.15) is 35.9 Å². The van der Waals surface area contributed by atoms with Crippen LogP contribution >= 0.6 is 0 Å². The van der Waals surface area contributed by atoms with Gasteiger partial charge >= 0.3 is 5.97 Å². The van der Waals surface area contributed by atoms with E-state index in [1.165, 1.54) is 10.9 Å². The molecule has 9 heteroatoms. The van der Waals surface area contributed by atoms with E-state index in [0.29, 0.717) is 11.3 Å². The summed E-state index contributed by atoms with van der Waals surface area (Å²) in [6.45, 7) is 5.51. The first-order valence-electron chi connectivity index (χ1n) is 7.76. The molecule has 0 saturated heterocycles. The molecule has 3 heterocycles. The van der Waals surface area contributed by atoms with Gasteiger partial charge in [0.05, 0.1) is 17.5 Å². The van der Waals surface area contributed by atoms with Gasteiger partial charge in [-0.05, 0) is 26.8 Å². The summed E-state index contributed by atoms with van der Waals surface area (Å²) in [5.41, 5.74) is 1.73. The lowest BCUT2D eigenvalue weighted by Gasteiger charge is -2.09. The number of anilines is 1. The maximum absolute atomic E-state index is 12.5. The lowest BCUT2D eigenvalue weighted by atomic mass is 10.1. The molecule has 0 aromatic carbocycles. The summed E-state index contributed by atoms with van der Waals surface area (Å²) in [5.74, 6) is -1.08. The van der Waals surface area contributed by atoms with E-state index in [4.69, 9.17) is 5.11 Å². The molecule has 25 heavy (non-hydrogen) atoms. The fourth-order valence-electron chi connectivity index (χ4n) is 2.51. The lowest BCUT2D eigenvalue weighted by molar-refractivity contribution is -0.137. The average Bonchev–Trinajstić information content (AvgIpc) is 3.12. The molecule has 0 saturated carbocycles. The number of nitrogens with one attached hydrogen (secondary N) is 1. The van der Waals surface area contributed by atoms with Crippen LogP contribution in [-0.4, -0.2) is 41.5 Å². The van der Waals surface area contributed by atoms with E-state index >= 15 is 0 Å². The van der Waals surface area contributed by atoms with Gasteiger partial charge in [0.2, 0.25) is 0 Å². The Balaban J connectivity index is 1.85. The monoisotopic (exact) mass is 342 g/mol. The van der Waals surface area contributed by atoms with Crippen molar-refractivity contribution in [1.29, 1.82) is 0 Å². The van der Waals surface area contributed by atoms with Crippen LogP contribution in [0.2, 0.25) is 0 Å². The molecule has 0 aliphatic heterocycles. The predicted molar refractivity (Wildman–Crippen MR) is 90.5 cm³/mol. The van der Waals surface area contributed by atoms with Crippen molar-refractivity contribution < 1.29 is 14.7 Å². The van der Waals surface area contributed by atoms with Gasteiger partial charge in [-0.15, -0.1) is 0 Å². The lowest BCUT2D eigenvalue weighted by Crippen LogP contribution is -2.16. The van der Waals surface area contributed by atoms with Crippen LogP contribution in [0.15, 0.2) is 24.5 Å². The number of carboxylic acid groups (broad SMARTS) is 1. The van der Waals surface area contributed by atoms with E-state index in [-0.39, 0.29) is 24.3 Å². The number of nitrogens with zero attached hydrogens (tertiary/aromatic N) is 5. The molecule has 0 fully saturated rings. The first kappa shape index (κ1) is 16.6. The Morgan fingerprint density at radius 3 is 2.80 bits per heavy atom. The molecule has 3 aromatic heterocycles. The second kappa shape index (κ2) is 6.34. The number of rotatable bonds is 5. The summed E-state index contributed by atoms with van der Waals surface area (Å²) in [5, 5.41) is 20.5. The average molecular weight is 342 g/mol. The van der Waals surface area contributed by atoms with Crippen LogP contribution in [0.4, 0.5) is 5.82 Å². The Morgan fingerprint density at radius 2 is 2.12 bits per heavy atom. The minimum Gasteiger partial charge on any atom is -0.480 e. The van der Waals surface area contributed by atoms with Crippen molar-refractivity contribution in [2.24, 2.45) is 0 Å². The molecule has 1 amide bonds. The highest BCUT2D eigenvalue weighted by molar-refractivity contribution is 6.06. The third-order valence-electron chi connectivity index (χ3n) is 3.67. The van der Waals surface area contributed by atoms with Gasteiger partial charge in [-0.1, -0.05) is 0 Å². The smallest absolute Gasteiger partial charge is 0.325 e. The van der Waals surface area contributed by atoms with Crippen molar-refractivity contribution in [2.75, 3.05) is 5.32 Å². The number of carboxylic acids is 1. The number of amides is 1. The number of fused-ring (bicyclic) bond motifs is 1. The van der Waals surface area contributed by atoms with Gasteiger partial charge in [0, 0.05) is 23.7 Å². The molecule has 0 aliphatic rings. The number of carbonyl (C=O) groups excluding carboxylic acids is 1. The van der Waals surface area contributed by atoms with Crippen molar-refractivity contribution in [3.05, 3.63) is 35.8 Å². The van der Waals surface area contributed by atoms with Crippen molar-refractivity contribution in [3.63, 3.8) is 0 Å². The maximum Gasteiger partial charge on any atom is 0.325 e. The maximum atomic E-state index is 12.5. The SMILES string of the molecule is Cc1nc2c(cnn2C(C)C)cc1C(=O)Nc1ccn(CC(=O)O)n1. The van der Waals surface area contributed by atoms with Gasteiger partial charge in [-0.25, -0.2) is 9.67 Å². The molecular formula is C16H18N6O3. The molecule has 3 rings (SSSR count). The summed E-state index contributed by atoms with van der Waals surface area (Å²) in [4.78, 5) is 27.7. The Kier molecular flexibility index (Phi) is 4.22. The summed E-state index contributed by atoms with van der Waals surface area (Å²) in [6.07, 6.45) is 3.17. The molecular weight excluding hydrogens is 324 g/mol. The molecule has 0 atom stereocenters. The van der Waals surface area contributed by atoms with E-state index < -0.39 is 5.97 Å². The quantitative estimate of drug-likeness (QED) is 0.731. The normalized spacial score (nSPS) is 11.2. The highest BCUT2D eigenvalue weighted by Gasteiger charge is 2.16. The second-order valence-electron chi connectivity index (χ2n) is 5.96. The molecule has 0 bridgehead atoms. The summed E-state index contributed by atoms with van der Waals surface area (Å²) in [6, 6.07) is 3.45. The van der Waals surface area contributed by atoms with Gasteiger partial charge in [-0.3, -0.25) is 14.3 Å². The highest BCUT2D eigenvalue weighted by Crippen LogP contribution is 2.20. The Morgan fingerprint density at radius 1 is 1.36 bits per heavy atom. The van der Waals surface area contributed by atoms with E-state index in [2.05, 4.69) is 20.5 Å². The first-order valence-corrected chi connectivity index (χ1v) is 7.76. The topological polar surface area (TPSA) is 115 Å². The Labute approximate surface area is 143 Å². The standard InChI is InChI=1S/C16H18N6O3/c1-9(2)22-15-11(7-17-22)6-12(10(3)18-15)16(25)19-13-4-5-21(20-13)8-14(23)24/h4-7,9H,8H2,1-3H3,(H,23,24)(H,19,20,25). The third kappa shape index (κ3) is 3.35. The third-order valence-corrected chi connectivity index (χ3v) is 3.67. The molecule has 130 valence electrons. The fraction of sp³-hybridized carbons (Fsp3) is 0.312. The van der Waals surface area contributed by atoms with Crippen LogP contribution < -0.4 is 5.32 Å². The minimum atomic E-state index is -1.01. The van der Waals surface area contributed by atoms with Crippen LogP contribution in [0.25, 0.3) is 11.0 Å². The Bertz CT molecular complexity index is 956. The number of hydrogen-bond acceptors (Lipinski definition) is 5. The van der Waals surface area contributed by atoms with Gasteiger partial charge in [-0.2, -0.15) is 10.2 Å². The molecule has 0 radical (unpaired) electrons. The zero-order valence-corrected chi connectivity index (χ0v) is 14.1. The van der Waals surface area contributed by atoms with Gasteiger partial charge in [0.15, 0.2) is 11.5 Å². The number of carbonyl (C=O) groups is 2. The number of aryl methyl sites for hydroxylation is 1. The van der Waals surface area contributed by atoms with Crippen LogP contribution in [-0.2, 0) is 11.3 Å². The molecule has 0 aliphatic carbocycles. The predicted octanol–water partition coefficient (Wildman–Crippen LogP) is 1.85. The number of hydrogen-bond donors (Lipinski definition) is 2. The zero-order chi connectivity index (χ0) is 18.1. The van der Waals surface area contributed by atoms with Crippen LogP contribution in [0.5, 0.6) is 0 Å². The second-order valence-corrected chi connectivity index (χ2v) is 5.96. The van der Waals surface area contributed by atoms with E-state index in [1.54, 1.807) is 29.9 Å². The van der Waals surface area contributed by atoms with Crippen LogP contribution in [0, 0.1) is 6.92 Å². The molecule has 0 unspecified atom stereocenters. The number of pyridine rings is 1. The van der Waals surface area contributed by atoms with Gasteiger partial charge in [0.25, 0.3) is 5.91 Å². The van der Waals surface area contributed by atoms with Gasteiger partial charge < -0.3 is 10.4 Å². The molecule has 0 spiro atoms. The molecule has 9 nitrogen and oxygen atoms in total. The summed E-state index contributed by atoms with van der Waals surface area (Å²) >= 11 is 0. The zero-order valence-electron chi connectivity index (χ0n) is 14.1. The Hall–Kier alpha value is -3.23. The van der Waals surface area contributed by atoms with Crippen LogP contribution in [0.3, 0.4) is 0 Å². The van der Waals surface area contributed by atoms with Crippen molar-refractivity contribution in [2.45, 2.75) is 33.4 Å². The fourth-order valence-corrected chi connectivity index (χ4v) is 2.51. The first-order chi connectivity index (χ1) is 11.8. The molecule has 3 aromatic rings. The van der Waals surface area contributed by atoms with Crippen molar-refractivity contribution >= 4 is 28.7 Å². The van der Waals surface area contributed by atoms with E-state index in [1.807, 2.05) is 13.8 Å². The molecule has 2 N–H and O–H groups in total. The largest absolute Gasteiger partial charge is 0.480 e. The number of aliphatic carboxylic acids is 1. The van der Waals surface area contributed by atoms with E-state index in [0.717, 1.165) is 11.0 Å². The van der Waals surface area contributed by atoms with Crippen molar-refractivity contribution in [1.82, 2.24) is 24.5 Å². The summed E-state index contributed by atoms with van der Waals surface area (Å²) < 4.78 is 3.04. The highest BCUT2D eigenvalue weighted by atomic mass is 16.4.